The molecular weight excluding hydrogens is 314 g/mol. The van der Waals surface area contributed by atoms with Crippen LogP contribution in [0.3, 0.4) is 0 Å². The van der Waals surface area contributed by atoms with Crippen molar-refractivity contribution >= 4 is 40.9 Å². The van der Waals surface area contributed by atoms with Crippen molar-refractivity contribution in [1.29, 1.82) is 0 Å². The molecule has 2 heterocycles. The maximum atomic E-state index is 11.8. The van der Waals surface area contributed by atoms with Gasteiger partial charge in [-0.1, -0.05) is 0 Å². The number of nitro benzene ring substituents is 1. The Morgan fingerprint density at radius 3 is 2.36 bits per heavy atom. The fourth-order valence-electron chi connectivity index (χ4n) is 1.98. The summed E-state index contributed by atoms with van der Waals surface area (Å²) in [6.45, 7) is -0.0538. The third-order valence-corrected chi connectivity index (χ3v) is 3.17. The van der Waals surface area contributed by atoms with E-state index in [0.29, 0.717) is 5.75 Å². The molecule has 0 aromatic heterocycles. The van der Waals surface area contributed by atoms with Crippen LogP contribution in [0.25, 0.3) is 6.08 Å². The molecule has 2 aliphatic heterocycles. The van der Waals surface area contributed by atoms with Gasteiger partial charge in [-0.25, -0.2) is 0 Å². The zero-order valence-electron chi connectivity index (χ0n) is 10.7. The van der Waals surface area contributed by atoms with Crippen LogP contribution >= 0.6 is 12.2 Å². The molecule has 9 nitrogen and oxygen atoms in total. The van der Waals surface area contributed by atoms with Gasteiger partial charge in [0.2, 0.25) is 6.79 Å². The Balaban J connectivity index is 2.10. The van der Waals surface area contributed by atoms with E-state index in [1.54, 1.807) is 0 Å². The Kier molecular flexibility index (Phi) is 3.22. The summed E-state index contributed by atoms with van der Waals surface area (Å²) in [4.78, 5) is 34.1. The van der Waals surface area contributed by atoms with Gasteiger partial charge in [0.1, 0.15) is 5.57 Å². The first-order valence-corrected chi connectivity index (χ1v) is 6.33. The second-order valence-electron chi connectivity index (χ2n) is 4.32. The van der Waals surface area contributed by atoms with Gasteiger partial charge >= 0.3 is 0 Å². The third-order valence-electron chi connectivity index (χ3n) is 2.96. The van der Waals surface area contributed by atoms with Crippen molar-refractivity contribution in [3.8, 4) is 11.5 Å². The smallest absolute Gasteiger partial charge is 0.280 e. The number of carbonyl (C=O) groups is 2. The summed E-state index contributed by atoms with van der Waals surface area (Å²) in [5, 5.41) is 15.5. The molecule has 1 fully saturated rings. The number of fused-ring (bicyclic) bond motifs is 1. The zero-order chi connectivity index (χ0) is 15.9. The van der Waals surface area contributed by atoms with E-state index in [-0.39, 0.29) is 34.5 Å². The summed E-state index contributed by atoms with van der Waals surface area (Å²) in [6.07, 6.45) is 1.10. The highest BCUT2D eigenvalue weighted by Gasteiger charge is 2.28. The summed E-state index contributed by atoms with van der Waals surface area (Å²) in [5.74, 6) is -0.946. The normalized spacial score (nSPS) is 16.2. The molecule has 0 atom stereocenters. The molecule has 1 saturated heterocycles. The molecule has 0 aliphatic carbocycles. The molecule has 3 rings (SSSR count). The monoisotopic (exact) mass is 321 g/mol. The van der Waals surface area contributed by atoms with Gasteiger partial charge in [0.05, 0.1) is 16.6 Å². The average molecular weight is 321 g/mol. The van der Waals surface area contributed by atoms with Crippen molar-refractivity contribution in [3.63, 3.8) is 0 Å². The second kappa shape index (κ2) is 5.07. The largest absolute Gasteiger partial charge is 0.454 e. The van der Waals surface area contributed by atoms with E-state index in [4.69, 9.17) is 9.47 Å². The molecule has 0 bridgehead atoms. The number of rotatable bonds is 2. The number of nitrogens with one attached hydrogen (secondary N) is 2. The minimum atomic E-state index is -0.735. The number of benzene rings is 1. The maximum Gasteiger partial charge on any atom is 0.280 e. The van der Waals surface area contributed by atoms with Crippen molar-refractivity contribution in [3.05, 3.63) is 33.4 Å². The lowest BCUT2D eigenvalue weighted by Gasteiger charge is -2.16. The number of nitro groups is 1. The first-order valence-electron chi connectivity index (χ1n) is 5.92. The number of hydrogen-bond donors (Lipinski definition) is 2. The highest BCUT2D eigenvalue weighted by molar-refractivity contribution is 7.80. The van der Waals surface area contributed by atoms with Gasteiger partial charge in [-0.2, -0.15) is 0 Å². The summed E-state index contributed by atoms with van der Waals surface area (Å²) in [6, 6.07) is 2.51. The molecule has 0 saturated carbocycles. The fraction of sp³-hybridized carbons (Fsp3) is 0.0833. The number of hydrogen-bond acceptors (Lipinski definition) is 7. The van der Waals surface area contributed by atoms with Gasteiger partial charge in [-0.3, -0.25) is 30.3 Å². The topological polar surface area (TPSA) is 120 Å². The summed E-state index contributed by atoms with van der Waals surface area (Å²) >= 11 is 4.67. The van der Waals surface area contributed by atoms with Gasteiger partial charge in [0, 0.05) is 0 Å². The van der Waals surface area contributed by atoms with Gasteiger partial charge in [0.25, 0.3) is 17.5 Å². The lowest BCUT2D eigenvalue weighted by Crippen LogP contribution is -2.51. The highest BCUT2D eigenvalue weighted by Crippen LogP contribution is 2.38. The van der Waals surface area contributed by atoms with E-state index in [2.05, 4.69) is 22.9 Å². The molecule has 1 aromatic carbocycles. The minimum Gasteiger partial charge on any atom is -0.454 e. The molecule has 2 N–H and O–H groups in total. The minimum absolute atomic E-state index is 0.0439. The van der Waals surface area contributed by atoms with Crippen LogP contribution in [0, 0.1) is 10.1 Å². The van der Waals surface area contributed by atoms with Crippen LogP contribution < -0.4 is 20.1 Å². The number of amides is 2. The van der Waals surface area contributed by atoms with E-state index in [9.17, 15) is 19.7 Å². The first kappa shape index (κ1) is 13.9. The molecule has 0 spiro atoms. The second-order valence-corrected chi connectivity index (χ2v) is 4.73. The highest BCUT2D eigenvalue weighted by atomic mass is 32.1. The third kappa shape index (κ3) is 2.35. The Bertz CT molecular complexity index is 750. The van der Waals surface area contributed by atoms with Gasteiger partial charge in [-0.05, 0) is 24.4 Å². The quantitative estimate of drug-likeness (QED) is 0.263. The molecule has 2 amide bonds. The van der Waals surface area contributed by atoms with Crippen LogP contribution in [0.5, 0.6) is 11.5 Å². The lowest BCUT2D eigenvalue weighted by molar-refractivity contribution is -0.385. The fourth-order valence-corrected chi connectivity index (χ4v) is 2.17. The number of carbonyl (C=O) groups excluding carboxylic acids is 2. The molecule has 2 aliphatic rings. The van der Waals surface area contributed by atoms with Gasteiger partial charge < -0.3 is 9.47 Å². The summed E-state index contributed by atoms with van der Waals surface area (Å²) in [7, 11) is 0. The van der Waals surface area contributed by atoms with E-state index >= 15 is 0 Å². The van der Waals surface area contributed by atoms with Crippen LogP contribution in [-0.2, 0) is 9.59 Å². The standard InChI is InChI=1S/C12H7N3O6S/c16-10-6(11(17)14-12(22)13-10)1-5-2-8-9(21-4-20-8)3-7(5)15(18)19/h1-3H,4H2,(H2,13,14,16,17,22). The molecule has 0 unspecified atom stereocenters. The molecule has 22 heavy (non-hydrogen) atoms. The van der Waals surface area contributed by atoms with E-state index in [1.807, 2.05) is 0 Å². The van der Waals surface area contributed by atoms with E-state index in [1.165, 1.54) is 12.1 Å². The Labute approximate surface area is 128 Å². The summed E-state index contributed by atoms with van der Waals surface area (Å²) in [5.41, 5.74) is -0.566. The van der Waals surface area contributed by atoms with E-state index in [0.717, 1.165) is 6.08 Å². The number of nitrogens with zero attached hydrogens (tertiary/aromatic N) is 1. The van der Waals surface area contributed by atoms with E-state index < -0.39 is 16.7 Å². The maximum absolute atomic E-state index is 11.8. The van der Waals surface area contributed by atoms with Crippen molar-refractivity contribution in [2.24, 2.45) is 0 Å². The van der Waals surface area contributed by atoms with Crippen LogP contribution in [0.1, 0.15) is 5.56 Å². The predicted octanol–water partition coefficient (Wildman–Crippen LogP) is 0.238. The Morgan fingerprint density at radius 1 is 1.18 bits per heavy atom. The van der Waals surface area contributed by atoms with Crippen molar-refractivity contribution < 1.29 is 24.0 Å². The number of thiocarbonyl (C=S) groups is 1. The Morgan fingerprint density at radius 2 is 1.77 bits per heavy atom. The molecule has 10 heteroatoms. The van der Waals surface area contributed by atoms with Crippen LogP contribution in [0.4, 0.5) is 5.69 Å². The first-order chi connectivity index (χ1) is 10.5. The Hall–Kier alpha value is -3.01. The zero-order valence-corrected chi connectivity index (χ0v) is 11.6. The van der Waals surface area contributed by atoms with Crippen LogP contribution in [-0.4, -0.2) is 28.6 Å². The SMILES string of the molecule is O=C1NC(=S)NC(=O)C1=Cc1cc2c(cc1[N+](=O)[O-])OCO2. The molecule has 112 valence electrons. The predicted molar refractivity (Wildman–Crippen MR) is 76.1 cm³/mol. The summed E-state index contributed by atoms with van der Waals surface area (Å²) < 4.78 is 10.2. The van der Waals surface area contributed by atoms with Crippen molar-refractivity contribution in [2.75, 3.05) is 6.79 Å². The van der Waals surface area contributed by atoms with Crippen molar-refractivity contribution in [1.82, 2.24) is 10.6 Å². The number of ether oxygens (including phenoxy) is 2. The van der Waals surface area contributed by atoms with Crippen LogP contribution in [0.2, 0.25) is 0 Å². The van der Waals surface area contributed by atoms with Crippen molar-refractivity contribution in [2.45, 2.75) is 0 Å². The van der Waals surface area contributed by atoms with Crippen LogP contribution in [0.15, 0.2) is 17.7 Å². The molecular formula is C12H7N3O6S. The van der Waals surface area contributed by atoms with Gasteiger partial charge in [0.15, 0.2) is 16.6 Å². The van der Waals surface area contributed by atoms with Gasteiger partial charge in [-0.15, -0.1) is 0 Å². The molecule has 0 radical (unpaired) electrons. The molecule has 1 aromatic rings. The lowest BCUT2D eigenvalue weighted by atomic mass is 10.1. The average Bonchev–Trinajstić information content (AvgIpc) is 2.88.